The van der Waals surface area contributed by atoms with Gasteiger partial charge in [0.1, 0.15) is 29.6 Å². The molecule has 298 valence electrons. The molecule has 13 heteroatoms. The lowest BCUT2D eigenvalue weighted by molar-refractivity contribution is -0.133. The van der Waals surface area contributed by atoms with Gasteiger partial charge in [0, 0.05) is 32.5 Å². The van der Waals surface area contributed by atoms with Gasteiger partial charge in [-0.15, -0.1) is 0 Å². The summed E-state index contributed by atoms with van der Waals surface area (Å²) in [5, 5.41) is 23.9. The molecule has 0 aliphatic carbocycles. The van der Waals surface area contributed by atoms with Crippen molar-refractivity contribution in [3.05, 3.63) is 131 Å². The van der Waals surface area contributed by atoms with Crippen LogP contribution in [0.2, 0.25) is 0 Å². The predicted octanol–water partition coefficient (Wildman–Crippen LogP) is 3.15. The molecule has 0 spiro atoms. The molecule has 2 heterocycles. The first-order chi connectivity index (χ1) is 27.7. The van der Waals surface area contributed by atoms with Gasteiger partial charge >= 0.3 is 0 Å². The molecule has 13 nitrogen and oxygen atoms in total. The van der Waals surface area contributed by atoms with Gasteiger partial charge in [-0.2, -0.15) is 0 Å². The van der Waals surface area contributed by atoms with E-state index in [9.17, 15) is 29.1 Å². The zero-order valence-electron chi connectivity index (χ0n) is 31.9. The molecule has 4 aromatic carbocycles. The molecule has 1 fully saturated rings. The summed E-state index contributed by atoms with van der Waals surface area (Å²) in [7, 11) is 0. The van der Waals surface area contributed by atoms with E-state index >= 15 is 0 Å². The molecule has 0 saturated carbocycles. The highest BCUT2D eigenvalue weighted by molar-refractivity contribution is 6.01. The lowest BCUT2D eigenvalue weighted by Crippen LogP contribution is -2.56. The van der Waals surface area contributed by atoms with Gasteiger partial charge in [0.05, 0.1) is 18.6 Å². The Hall–Kier alpha value is -6.21. The van der Waals surface area contributed by atoms with Crippen LogP contribution in [0.5, 0.6) is 11.5 Å². The van der Waals surface area contributed by atoms with Crippen LogP contribution in [0.4, 0.5) is 0 Å². The van der Waals surface area contributed by atoms with E-state index in [0.29, 0.717) is 12.0 Å². The van der Waals surface area contributed by atoms with Crippen molar-refractivity contribution in [2.24, 2.45) is 0 Å². The molecule has 4 aromatic rings. The lowest BCUT2D eigenvalue weighted by Gasteiger charge is -2.25. The van der Waals surface area contributed by atoms with Crippen LogP contribution in [0.3, 0.4) is 0 Å². The molecule has 1 saturated heterocycles. The van der Waals surface area contributed by atoms with Crippen LogP contribution in [-0.2, 0) is 45.1 Å². The van der Waals surface area contributed by atoms with E-state index in [1.165, 1.54) is 30.5 Å². The molecule has 3 atom stereocenters. The zero-order chi connectivity index (χ0) is 40.0. The largest absolute Gasteiger partial charge is 0.508 e. The lowest BCUT2D eigenvalue weighted by atomic mass is 10.0. The monoisotopic (exact) mass is 774 g/mol. The van der Waals surface area contributed by atoms with Crippen LogP contribution >= 0.6 is 0 Å². The van der Waals surface area contributed by atoms with Gasteiger partial charge in [0.2, 0.25) is 23.6 Å². The highest BCUT2D eigenvalue weighted by atomic mass is 16.5. The van der Waals surface area contributed by atoms with Crippen LogP contribution in [0, 0.1) is 0 Å². The van der Waals surface area contributed by atoms with E-state index in [1.54, 1.807) is 36.4 Å². The highest BCUT2D eigenvalue weighted by Gasteiger charge is 2.31. The number of carbonyl (C=O) groups is 5. The Bertz CT molecular complexity index is 1980. The average molecular weight is 775 g/mol. The molecular weight excluding hydrogens is 725 g/mol. The Morgan fingerprint density at radius 2 is 1.33 bits per heavy atom. The Morgan fingerprint density at radius 3 is 2.07 bits per heavy atom. The summed E-state index contributed by atoms with van der Waals surface area (Å²) in [6.07, 6.45) is 2.52. The number of nitrogens with one attached hydrogen (secondary N) is 5. The molecule has 2 aliphatic rings. The number of hydrogen-bond acceptors (Lipinski definition) is 8. The minimum atomic E-state index is -1.33. The van der Waals surface area contributed by atoms with Crippen LogP contribution in [0.15, 0.2) is 103 Å². The van der Waals surface area contributed by atoms with E-state index < -0.39 is 54.1 Å². The number of fused-ring (bicyclic) bond motifs is 1. The molecule has 5 amide bonds. The van der Waals surface area contributed by atoms with Crippen LogP contribution in [0.25, 0.3) is 0 Å². The quantitative estimate of drug-likeness (QED) is 0.150. The van der Waals surface area contributed by atoms with Gasteiger partial charge < -0.3 is 36.4 Å². The van der Waals surface area contributed by atoms with E-state index in [2.05, 4.69) is 31.5 Å². The fraction of sp³-hybridized carbons (Fsp3) is 0.341. The Labute approximate surface area is 332 Å². The molecule has 0 radical (unpaired) electrons. The fourth-order valence-electron chi connectivity index (χ4n) is 6.94. The Kier molecular flexibility index (Phi) is 14.3. The van der Waals surface area contributed by atoms with Gasteiger partial charge in [0.15, 0.2) is 0 Å². The van der Waals surface area contributed by atoms with E-state index in [0.717, 1.165) is 30.8 Å². The van der Waals surface area contributed by atoms with E-state index in [-0.39, 0.29) is 49.6 Å². The maximum absolute atomic E-state index is 14.0. The maximum atomic E-state index is 14.0. The summed E-state index contributed by atoms with van der Waals surface area (Å²) < 4.78 is 5.95. The van der Waals surface area contributed by atoms with Crippen molar-refractivity contribution in [3.63, 3.8) is 0 Å². The molecule has 0 bridgehead atoms. The zero-order valence-corrected chi connectivity index (χ0v) is 31.9. The Balaban J connectivity index is 1.24. The van der Waals surface area contributed by atoms with Gasteiger partial charge in [-0.3, -0.25) is 28.9 Å². The number of carbonyl (C=O) groups excluding carboxylic acids is 5. The highest BCUT2D eigenvalue weighted by Crippen LogP contribution is 2.19. The van der Waals surface area contributed by atoms with Crippen molar-refractivity contribution in [2.45, 2.75) is 69.7 Å². The SMILES string of the molecule is O=C1C[C@@H](C(=O)NCc2ccc(CN3CCCC3)cc2)NC(=O)c2ccccc2OCCCNC(=O)[C@H](Cc2ccccc2)NC(=O)[C@H](Cc2ccc(O)cc2)N1. The first kappa shape index (κ1) is 40.5. The van der Waals surface area contributed by atoms with Crippen molar-refractivity contribution in [2.75, 3.05) is 26.2 Å². The molecule has 57 heavy (non-hydrogen) atoms. The van der Waals surface area contributed by atoms with Crippen LogP contribution in [0.1, 0.15) is 58.3 Å². The molecule has 6 rings (SSSR count). The predicted molar refractivity (Wildman–Crippen MR) is 214 cm³/mol. The smallest absolute Gasteiger partial charge is 0.255 e. The number of aromatic hydroxyl groups is 1. The number of hydrogen-bond donors (Lipinski definition) is 6. The summed E-state index contributed by atoms with van der Waals surface area (Å²) in [6, 6.07) is 26.5. The van der Waals surface area contributed by atoms with Crippen molar-refractivity contribution in [1.29, 1.82) is 0 Å². The summed E-state index contributed by atoms with van der Waals surface area (Å²) in [5.41, 5.74) is 3.65. The molecule has 6 N–H and O–H groups in total. The third-order valence-electron chi connectivity index (χ3n) is 10.1. The van der Waals surface area contributed by atoms with Crippen LogP contribution in [-0.4, -0.2) is 83.9 Å². The normalized spacial score (nSPS) is 20.0. The number of phenols is 1. The number of rotatable bonds is 9. The van der Waals surface area contributed by atoms with Crippen molar-refractivity contribution in [3.8, 4) is 11.5 Å². The topological polar surface area (TPSA) is 178 Å². The standard InChI is InChI=1S/C44H50N6O7/c51-34-19-17-31(18-20-34)26-37-44(56)49-36(25-30-9-2-1-3-10-30)42(54)45-21-8-24-57-39-12-5-4-11-35(39)41(53)48-38(27-40(52)47-37)43(55)46-28-32-13-15-33(16-14-32)29-50-22-6-7-23-50/h1-5,9-20,36-38,51H,6-8,21-29H2,(H,45,54)(H,46,55)(H,47,52)(H,48,53)(H,49,56)/t36-,37-,38-/m0/s1. The average Bonchev–Trinajstić information content (AvgIpc) is 3.73. The van der Waals surface area contributed by atoms with Gasteiger partial charge in [-0.05, 0) is 78.9 Å². The van der Waals surface area contributed by atoms with E-state index in [4.69, 9.17) is 4.74 Å². The molecule has 0 aromatic heterocycles. The summed E-state index contributed by atoms with van der Waals surface area (Å²) in [4.78, 5) is 71.4. The second kappa shape index (κ2) is 20.1. The second-order valence-electron chi connectivity index (χ2n) is 14.5. The molecule has 2 aliphatic heterocycles. The minimum absolute atomic E-state index is 0.0131. The summed E-state index contributed by atoms with van der Waals surface area (Å²) in [5.74, 6) is -2.62. The first-order valence-corrected chi connectivity index (χ1v) is 19.5. The number of likely N-dealkylation sites (tertiary alicyclic amines) is 1. The number of benzene rings is 4. The number of amides is 5. The Morgan fingerprint density at radius 1 is 0.702 bits per heavy atom. The number of ether oxygens (including phenoxy) is 1. The second-order valence-corrected chi connectivity index (χ2v) is 14.5. The van der Waals surface area contributed by atoms with Gasteiger partial charge in [-0.25, -0.2) is 0 Å². The number of nitrogens with zero attached hydrogens (tertiary/aromatic N) is 1. The maximum Gasteiger partial charge on any atom is 0.255 e. The van der Waals surface area contributed by atoms with Gasteiger partial charge in [0.25, 0.3) is 5.91 Å². The summed E-state index contributed by atoms with van der Waals surface area (Å²) >= 11 is 0. The summed E-state index contributed by atoms with van der Waals surface area (Å²) in [6.45, 7) is 3.59. The molecule has 0 unspecified atom stereocenters. The number of phenolic OH excluding ortho intramolecular Hbond substituents is 1. The van der Waals surface area contributed by atoms with Crippen molar-refractivity contribution >= 4 is 29.5 Å². The van der Waals surface area contributed by atoms with E-state index in [1.807, 2.05) is 54.6 Å². The van der Waals surface area contributed by atoms with Gasteiger partial charge in [-0.1, -0.05) is 78.9 Å². The fourth-order valence-corrected chi connectivity index (χ4v) is 6.94. The van der Waals surface area contributed by atoms with Crippen LogP contribution < -0.4 is 31.3 Å². The third-order valence-corrected chi connectivity index (χ3v) is 10.1. The third kappa shape index (κ3) is 12.1. The van der Waals surface area contributed by atoms with Crippen molar-refractivity contribution in [1.82, 2.24) is 31.5 Å². The van der Waals surface area contributed by atoms with Crippen molar-refractivity contribution < 1.29 is 33.8 Å². The number of para-hydroxylation sites is 1. The molecular formula is C44H50N6O7. The minimum Gasteiger partial charge on any atom is -0.508 e. The first-order valence-electron chi connectivity index (χ1n) is 19.5.